The van der Waals surface area contributed by atoms with E-state index in [1.807, 2.05) is 24.3 Å². The lowest BCUT2D eigenvalue weighted by atomic mass is 9.80. The highest BCUT2D eigenvalue weighted by Crippen LogP contribution is 2.54. The normalized spacial score (nSPS) is 26.8. The molecule has 0 saturated heterocycles. The molecule has 3 heteroatoms. The van der Waals surface area contributed by atoms with E-state index in [1.165, 1.54) is 18.6 Å². The topological polar surface area (TPSA) is 29.5 Å². The first-order valence-corrected chi connectivity index (χ1v) is 7.47. The highest BCUT2D eigenvalue weighted by Gasteiger charge is 2.41. The number of halogens is 1. The zero-order valence-electron chi connectivity index (χ0n) is 11.6. The van der Waals surface area contributed by atoms with Gasteiger partial charge in [0.15, 0.2) is 0 Å². The summed E-state index contributed by atoms with van der Waals surface area (Å²) in [5, 5.41) is 9.72. The van der Waals surface area contributed by atoms with Crippen LogP contribution >= 0.6 is 0 Å². The largest absolute Gasteiger partial charge is 0.508 e. The lowest BCUT2D eigenvalue weighted by molar-refractivity contribution is 0.104. The molecule has 1 aliphatic carbocycles. The number of rotatable bonds is 1. The van der Waals surface area contributed by atoms with Gasteiger partial charge in [-0.15, -0.1) is 0 Å². The average Bonchev–Trinajstić information content (AvgIpc) is 2.97. The molecule has 1 N–H and O–H groups in total. The quantitative estimate of drug-likeness (QED) is 0.832. The van der Waals surface area contributed by atoms with Gasteiger partial charge in [-0.05, 0) is 54.7 Å². The van der Waals surface area contributed by atoms with E-state index in [0.717, 1.165) is 29.7 Å². The van der Waals surface area contributed by atoms with Gasteiger partial charge in [0.05, 0.1) is 0 Å². The summed E-state index contributed by atoms with van der Waals surface area (Å²) in [5.74, 6) is 1.76. The maximum absolute atomic E-state index is 13.1. The van der Waals surface area contributed by atoms with Crippen molar-refractivity contribution < 1.29 is 14.2 Å². The van der Waals surface area contributed by atoms with Gasteiger partial charge >= 0.3 is 0 Å². The lowest BCUT2D eigenvalue weighted by Crippen LogP contribution is -2.26. The van der Waals surface area contributed by atoms with Crippen molar-refractivity contribution >= 4 is 0 Å². The van der Waals surface area contributed by atoms with Crippen LogP contribution < -0.4 is 4.74 Å². The third-order valence-corrected chi connectivity index (χ3v) is 4.80. The number of ether oxygens (including phenoxy) is 1. The van der Waals surface area contributed by atoms with Gasteiger partial charge in [-0.1, -0.05) is 18.6 Å². The summed E-state index contributed by atoms with van der Waals surface area (Å²) in [4.78, 5) is 0. The molecule has 0 bridgehead atoms. The molecule has 4 rings (SSSR count). The standard InChI is InChI=1S/C18H17FO2/c19-12-6-4-11(5-7-12)18-15-3-1-2-14(15)16-10-13(20)8-9-17(16)21-18/h4-10,14-15,18,20H,1-3H2/t14-,15+,18+/m0/s1. The van der Waals surface area contributed by atoms with Crippen LogP contribution in [0.2, 0.25) is 0 Å². The number of phenolic OH excluding ortho intramolecular Hbond substituents is 1. The summed E-state index contributed by atoms with van der Waals surface area (Å²) in [7, 11) is 0. The Balaban J connectivity index is 1.77. The summed E-state index contributed by atoms with van der Waals surface area (Å²) >= 11 is 0. The number of hydrogen-bond acceptors (Lipinski definition) is 2. The number of aromatic hydroxyl groups is 1. The van der Waals surface area contributed by atoms with Crippen LogP contribution in [0.4, 0.5) is 4.39 Å². The second kappa shape index (κ2) is 4.76. The van der Waals surface area contributed by atoms with Crippen molar-refractivity contribution in [2.24, 2.45) is 5.92 Å². The number of hydrogen-bond donors (Lipinski definition) is 1. The third-order valence-electron chi connectivity index (χ3n) is 4.80. The molecule has 2 aliphatic rings. The first kappa shape index (κ1) is 12.7. The summed E-state index contributed by atoms with van der Waals surface area (Å²) in [6, 6.07) is 12.0. The van der Waals surface area contributed by atoms with Crippen molar-refractivity contribution in [1.29, 1.82) is 0 Å². The Morgan fingerprint density at radius 2 is 1.86 bits per heavy atom. The fourth-order valence-electron chi connectivity index (χ4n) is 3.86. The molecule has 108 valence electrons. The number of benzene rings is 2. The van der Waals surface area contributed by atoms with E-state index >= 15 is 0 Å². The second-order valence-corrected chi connectivity index (χ2v) is 6.01. The van der Waals surface area contributed by atoms with Gasteiger partial charge in [-0.3, -0.25) is 0 Å². The molecule has 2 nitrogen and oxygen atoms in total. The molecule has 0 radical (unpaired) electrons. The van der Waals surface area contributed by atoms with Crippen LogP contribution in [0.15, 0.2) is 42.5 Å². The minimum absolute atomic E-state index is 0.0184. The maximum Gasteiger partial charge on any atom is 0.127 e. The highest BCUT2D eigenvalue weighted by molar-refractivity contribution is 5.45. The molecule has 1 saturated carbocycles. The number of phenols is 1. The number of fused-ring (bicyclic) bond motifs is 3. The molecular weight excluding hydrogens is 267 g/mol. The van der Waals surface area contributed by atoms with E-state index in [2.05, 4.69) is 0 Å². The van der Waals surface area contributed by atoms with Crippen molar-refractivity contribution in [1.82, 2.24) is 0 Å². The predicted octanol–water partition coefficient (Wildman–Crippen LogP) is 4.55. The molecule has 1 fully saturated rings. The predicted molar refractivity (Wildman–Crippen MR) is 78.0 cm³/mol. The van der Waals surface area contributed by atoms with Crippen molar-refractivity contribution in [3.05, 3.63) is 59.4 Å². The van der Waals surface area contributed by atoms with Crippen LogP contribution in [0.3, 0.4) is 0 Å². The highest BCUT2D eigenvalue weighted by atomic mass is 19.1. The molecule has 2 aromatic rings. The van der Waals surface area contributed by atoms with Crippen molar-refractivity contribution in [3.8, 4) is 11.5 Å². The Bertz CT molecular complexity index is 665. The van der Waals surface area contributed by atoms with Crippen LogP contribution in [-0.4, -0.2) is 5.11 Å². The Morgan fingerprint density at radius 1 is 1.05 bits per heavy atom. The van der Waals surface area contributed by atoms with Crippen molar-refractivity contribution in [3.63, 3.8) is 0 Å². The Labute approximate surface area is 123 Å². The second-order valence-electron chi connectivity index (χ2n) is 6.01. The Hall–Kier alpha value is -2.03. The molecule has 0 amide bonds. The zero-order chi connectivity index (χ0) is 14.4. The fraction of sp³-hybridized carbons (Fsp3) is 0.333. The van der Waals surface area contributed by atoms with Gasteiger partial charge in [0.25, 0.3) is 0 Å². The summed E-state index contributed by atoms with van der Waals surface area (Å²) in [6.45, 7) is 0. The van der Waals surface area contributed by atoms with Gasteiger partial charge in [0, 0.05) is 11.5 Å². The third kappa shape index (κ3) is 2.08. The minimum atomic E-state index is -0.220. The zero-order valence-corrected chi connectivity index (χ0v) is 11.6. The van der Waals surface area contributed by atoms with Crippen molar-refractivity contribution in [2.75, 3.05) is 0 Å². The lowest BCUT2D eigenvalue weighted by Gasteiger charge is -2.36. The summed E-state index contributed by atoms with van der Waals surface area (Å²) < 4.78 is 19.3. The van der Waals surface area contributed by atoms with E-state index in [-0.39, 0.29) is 11.9 Å². The van der Waals surface area contributed by atoms with Crippen LogP contribution in [0.1, 0.15) is 42.4 Å². The molecule has 3 atom stereocenters. The summed E-state index contributed by atoms with van der Waals surface area (Å²) in [5.41, 5.74) is 2.16. The van der Waals surface area contributed by atoms with Gasteiger partial charge in [-0.25, -0.2) is 4.39 Å². The molecule has 0 unspecified atom stereocenters. The monoisotopic (exact) mass is 284 g/mol. The molecule has 1 aliphatic heterocycles. The van der Waals surface area contributed by atoms with E-state index < -0.39 is 0 Å². The van der Waals surface area contributed by atoms with Gasteiger partial charge in [0.1, 0.15) is 23.4 Å². The van der Waals surface area contributed by atoms with Crippen molar-refractivity contribution in [2.45, 2.75) is 31.3 Å². The first-order valence-electron chi connectivity index (χ1n) is 7.47. The van der Waals surface area contributed by atoms with Gasteiger partial charge in [0.2, 0.25) is 0 Å². The molecule has 0 spiro atoms. The molecule has 0 aromatic heterocycles. The van der Waals surface area contributed by atoms with Crippen LogP contribution in [0, 0.1) is 11.7 Å². The van der Waals surface area contributed by atoms with Gasteiger partial charge in [-0.2, -0.15) is 0 Å². The Morgan fingerprint density at radius 3 is 2.67 bits per heavy atom. The van der Waals surface area contributed by atoms with E-state index in [1.54, 1.807) is 6.07 Å². The van der Waals surface area contributed by atoms with Crippen LogP contribution in [0.5, 0.6) is 11.5 Å². The van der Waals surface area contributed by atoms with Crippen LogP contribution in [0.25, 0.3) is 0 Å². The van der Waals surface area contributed by atoms with Gasteiger partial charge < -0.3 is 9.84 Å². The van der Waals surface area contributed by atoms with Crippen LogP contribution in [-0.2, 0) is 0 Å². The first-order chi connectivity index (χ1) is 10.2. The molecule has 2 aromatic carbocycles. The van der Waals surface area contributed by atoms with E-state index in [9.17, 15) is 9.50 Å². The fourth-order valence-corrected chi connectivity index (χ4v) is 3.86. The van der Waals surface area contributed by atoms with E-state index in [0.29, 0.717) is 17.6 Å². The Kier molecular flexibility index (Phi) is 2.88. The molecular formula is C18H17FO2. The average molecular weight is 284 g/mol. The minimum Gasteiger partial charge on any atom is -0.508 e. The maximum atomic E-state index is 13.1. The molecule has 1 heterocycles. The SMILES string of the molecule is Oc1ccc2c(c1)[C@H]1CCC[C@H]1[C@@H](c1ccc(F)cc1)O2. The van der Waals surface area contributed by atoms with E-state index in [4.69, 9.17) is 4.74 Å². The molecule has 21 heavy (non-hydrogen) atoms. The smallest absolute Gasteiger partial charge is 0.127 e. The summed E-state index contributed by atoms with van der Waals surface area (Å²) in [6.07, 6.45) is 3.39.